The Labute approximate surface area is 124 Å². The Bertz CT molecular complexity index is 298. The van der Waals surface area contributed by atoms with Crippen molar-refractivity contribution in [1.29, 1.82) is 0 Å². The number of ether oxygens (including phenoxy) is 1. The minimum absolute atomic E-state index is 0.252. The molecule has 20 heavy (non-hydrogen) atoms. The van der Waals surface area contributed by atoms with Gasteiger partial charge in [-0.2, -0.15) is 4.39 Å². The minimum atomic E-state index is -1.95. The first-order valence-corrected chi connectivity index (χ1v) is 10.5. The molecule has 120 valence electrons. The monoisotopic (exact) mass is 306 g/mol. The summed E-state index contributed by atoms with van der Waals surface area (Å²) in [4.78, 5) is 11.9. The second-order valence-electron chi connectivity index (χ2n) is 5.39. The zero-order chi connectivity index (χ0) is 15.4. The molecule has 0 radical (unpaired) electrons. The van der Waals surface area contributed by atoms with Gasteiger partial charge in [-0.1, -0.05) is 46.9 Å². The van der Waals surface area contributed by atoms with Crippen LogP contribution >= 0.6 is 6.89 Å². The predicted molar refractivity (Wildman–Crippen MR) is 89.0 cm³/mol. The third-order valence-electron chi connectivity index (χ3n) is 3.68. The Morgan fingerprint density at radius 2 is 1.30 bits per heavy atom. The molecule has 0 heterocycles. The lowest BCUT2D eigenvalue weighted by Crippen LogP contribution is -2.19. The lowest BCUT2D eigenvalue weighted by Gasteiger charge is -2.27. The van der Waals surface area contributed by atoms with E-state index in [9.17, 15) is 9.18 Å². The van der Waals surface area contributed by atoms with E-state index in [4.69, 9.17) is 4.74 Å². The van der Waals surface area contributed by atoms with Crippen molar-refractivity contribution in [2.24, 2.45) is 0 Å². The van der Waals surface area contributed by atoms with Gasteiger partial charge < -0.3 is 4.74 Å². The molecule has 4 heteroatoms. The molecular weight excluding hydrogens is 274 g/mol. The van der Waals surface area contributed by atoms with Crippen molar-refractivity contribution in [3.05, 3.63) is 0 Å². The molecule has 2 nitrogen and oxygen atoms in total. The molecular formula is C16H32FO2P. The van der Waals surface area contributed by atoms with Crippen LogP contribution in [0.25, 0.3) is 0 Å². The lowest BCUT2D eigenvalue weighted by molar-refractivity contribution is -0.135. The highest BCUT2D eigenvalue weighted by molar-refractivity contribution is 7.77. The molecule has 0 aliphatic rings. The first kappa shape index (κ1) is 19.7. The van der Waals surface area contributed by atoms with Crippen LogP contribution in [0.1, 0.15) is 66.2 Å². The number of carbonyl (C=O) groups is 1. The highest BCUT2D eigenvalue weighted by atomic mass is 31.2. The highest BCUT2D eigenvalue weighted by Crippen LogP contribution is 2.52. The maximum Gasteiger partial charge on any atom is 0.367 e. The Morgan fingerprint density at radius 1 is 0.900 bits per heavy atom. The van der Waals surface area contributed by atoms with Crippen LogP contribution in [0.2, 0.25) is 0 Å². The van der Waals surface area contributed by atoms with Crippen molar-refractivity contribution in [2.45, 2.75) is 66.2 Å². The summed E-state index contributed by atoms with van der Waals surface area (Å²) in [6.07, 6.45) is 8.79. The molecule has 0 saturated heterocycles. The van der Waals surface area contributed by atoms with Gasteiger partial charge in [0.1, 0.15) is 0 Å². The fourth-order valence-electron chi connectivity index (χ4n) is 2.40. The smallest absolute Gasteiger partial charge is 0.367 e. The van der Waals surface area contributed by atoms with E-state index in [1.165, 1.54) is 0 Å². The average molecular weight is 306 g/mol. The van der Waals surface area contributed by atoms with Crippen molar-refractivity contribution in [3.8, 4) is 0 Å². The summed E-state index contributed by atoms with van der Waals surface area (Å²) < 4.78 is 19.7. The van der Waals surface area contributed by atoms with Crippen molar-refractivity contribution in [1.82, 2.24) is 0 Å². The van der Waals surface area contributed by atoms with Gasteiger partial charge in [-0.25, -0.2) is 4.79 Å². The second kappa shape index (κ2) is 11.4. The Kier molecular flexibility index (Phi) is 11.2. The van der Waals surface area contributed by atoms with Crippen molar-refractivity contribution in [2.75, 3.05) is 25.1 Å². The quantitative estimate of drug-likeness (QED) is 0.393. The van der Waals surface area contributed by atoms with Gasteiger partial charge in [-0.15, -0.1) is 0 Å². The van der Waals surface area contributed by atoms with Gasteiger partial charge in [0, 0.05) is 0 Å². The largest absolute Gasteiger partial charge is 0.461 e. The third-order valence-corrected chi connectivity index (χ3v) is 8.21. The third kappa shape index (κ3) is 6.43. The molecule has 0 fully saturated rings. The first-order chi connectivity index (χ1) is 9.57. The second-order valence-corrected chi connectivity index (χ2v) is 9.41. The Morgan fingerprint density at radius 3 is 1.60 bits per heavy atom. The van der Waals surface area contributed by atoms with E-state index in [0.717, 1.165) is 57.0 Å². The van der Waals surface area contributed by atoms with E-state index in [0.29, 0.717) is 0 Å². The van der Waals surface area contributed by atoms with Gasteiger partial charge in [0.15, 0.2) is 0 Å². The van der Waals surface area contributed by atoms with Crippen molar-refractivity contribution in [3.63, 3.8) is 0 Å². The summed E-state index contributed by atoms with van der Waals surface area (Å²) in [5.41, 5.74) is -0.422. The molecule has 0 saturated carbocycles. The SMILES string of the molecule is CCCCP(CCCC)(CCCC)=C(F)C(=O)OCC. The first-order valence-electron chi connectivity index (χ1n) is 8.14. The summed E-state index contributed by atoms with van der Waals surface area (Å²) in [6, 6.07) is 0. The number of rotatable bonds is 11. The molecule has 0 bridgehead atoms. The van der Waals surface area contributed by atoms with E-state index >= 15 is 0 Å². The van der Waals surface area contributed by atoms with Crippen LogP contribution < -0.4 is 0 Å². The summed E-state index contributed by atoms with van der Waals surface area (Å²) >= 11 is 0. The van der Waals surface area contributed by atoms with E-state index in [2.05, 4.69) is 20.8 Å². The standard InChI is InChI=1S/C16H32FO2P/c1-5-9-12-20(13-10-6-2,14-11-7-3)15(17)16(18)19-8-4/h5-14H2,1-4H3. The molecule has 0 aliphatic carbocycles. The van der Waals surface area contributed by atoms with Crippen LogP contribution in [0, 0.1) is 0 Å². The van der Waals surface area contributed by atoms with Gasteiger partial charge in [-0.3, -0.25) is 0 Å². The maximum absolute atomic E-state index is 14.8. The normalized spacial score (nSPS) is 11.4. The predicted octanol–water partition coefficient (Wildman–Crippen LogP) is 5.07. The van der Waals surface area contributed by atoms with Gasteiger partial charge >= 0.3 is 5.97 Å². The number of hydrogen-bond acceptors (Lipinski definition) is 2. The number of esters is 1. The molecule has 0 rings (SSSR count). The molecule has 0 amide bonds. The summed E-state index contributed by atoms with van der Waals surface area (Å²) in [7, 11) is 0. The van der Waals surface area contributed by atoms with Gasteiger partial charge in [-0.05, 0) is 44.7 Å². The number of halogens is 1. The molecule has 0 aliphatic heterocycles. The van der Waals surface area contributed by atoms with E-state index < -0.39 is 18.4 Å². The molecule has 0 N–H and O–H groups in total. The van der Waals surface area contributed by atoms with E-state index in [-0.39, 0.29) is 6.61 Å². The van der Waals surface area contributed by atoms with Gasteiger partial charge in [0.25, 0.3) is 0 Å². The molecule has 0 atom stereocenters. The van der Waals surface area contributed by atoms with Crippen LogP contribution in [0.3, 0.4) is 0 Å². The lowest BCUT2D eigenvalue weighted by atomic mass is 10.4. The minimum Gasteiger partial charge on any atom is -0.461 e. The molecule has 0 spiro atoms. The zero-order valence-electron chi connectivity index (χ0n) is 13.7. The Hall–Kier alpha value is -0.300. The molecule has 0 unspecified atom stereocenters. The Balaban J connectivity index is 5.40. The number of hydrogen-bond donors (Lipinski definition) is 0. The molecule has 0 aromatic heterocycles. The summed E-state index contributed by atoms with van der Waals surface area (Å²) in [5, 5.41) is 0. The number of carbonyl (C=O) groups excluding carboxylic acids is 1. The van der Waals surface area contributed by atoms with Gasteiger partial charge in [0.2, 0.25) is 5.55 Å². The van der Waals surface area contributed by atoms with Crippen LogP contribution in [0.4, 0.5) is 4.39 Å². The fourth-order valence-corrected chi connectivity index (χ4v) is 6.87. The van der Waals surface area contributed by atoms with Crippen molar-refractivity contribution < 1.29 is 13.9 Å². The average Bonchev–Trinajstić information content (AvgIpc) is 2.46. The topological polar surface area (TPSA) is 26.3 Å². The van der Waals surface area contributed by atoms with E-state index in [1.54, 1.807) is 6.92 Å². The summed E-state index contributed by atoms with van der Waals surface area (Å²) in [6.45, 7) is 6.40. The molecule has 0 aromatic carbocycles. The van der Waals surface area contributed by atoms with E-state index in [1.807, 2.05) is 0 Å². The zero-order valence-corrected chi connectivity index (χ0v) is 14.6. The summed E-state index contributed by atoms with van der Waals surface area (Å²) in [5.74, 6) is -0.691. The van der Waals surface area contributed by atoms with Crippen LogP contribution in [-0.2, 0) is 9.53 Å². The number of unbranched alkanes of at least 4 members (excludes halogenated alkanes) is 3. The van der Waals surface area contributed by atoms with Crippen molar-refractivity contribution >= 4 is 18.4 Å². The maximum atomic E-state index is 14.8. The molecule has 0 aromatic rings. The van der Waals surface area contributed by atoms with Gasteiger partial charge in [0.05, 0.1) is 6.61 Å². The van der Waals surface area contributed by atoms with Crippen LogP contribution in [0.5, 0.6) is 0 Å². The fraction of sp³-hybridized carbons (Fsp3) is 0.875. The van der Waals surface area contributed by atoms with Crippen LogP contribution in [0.15, 0.2) is 0 Å². The highest BCUT2D eigenvalue weighted by Gasteiger charge is 2.27. The van der Waals surface area contributed by atoms with Crippen LogP contribution in [-0.4, -0.2) is 36.6 Å².